The molecule has 4 amide bonds. The number of nitrogens with two attached hydrogens (primary N) is 1. The van der Waals surface area contributed by atoms with Crippen molar-refractivity contribution in [2.75, 3.05) is 7.05 Å². The lowest BCUT2D eigenvalue weighted by Crippen LogP contribution is -2.50. The smallest absolute Gasteiger partial charge is 0.255 e. The number of amides is 4. The Kier molecular flexibility index (Phi) is 4.45. The summed E-state index contributed by atoms with van der Waals surface area (Å²) in [6.45, 7) is 1.93. The number of carbonyl (C=O) groups excluding carboxylic acids is 4. The summed E-state index contributed by atoms with van der Waals surface area (Å²) < 4.78 is 0. The van der Waals surface area contributed by atoms with E-state index in [4.69, 9.17) is 5.73 Å². The van der Waals surface area contributed by atoms with E-state index < -0.39 is 47.5 Å². The molecule has 2 saturated heterocycles. The standard InChI is InChI=1S/C22H21N3O4/c1-12-8-10-13(11-9-12)17-15-16(22(29)24(2)21(15)28)18(19(23)26)25(17)20(27)14-6-4-3-5-7-14/h3-11,15-18H,1-2H3,(H2,23,26). The molecule has 0 saturated carbocycles. The number of aryl methyl sites for hydroxylation is 1. The summed E-state index contributed by atoms with van der Waals surface area (Å²) >= 11 is 0. The van der Waals surface area contributed by atoms with Crippen LogP contribution in [0.4, 0.5) is 0 Å². The van der Waals surface area contributed by atoms with Crippen LogP contribution in [-0.2, 0) is 14.4 Å². The molecule has 4 atom stereocenters. The van der Waals surface area contributed by atoms with Crippen molar-refractivity contribution < 1.29 is 19.2 Å². The van der Waals surface area contributed by atoms with Gasteiger partial charge in [-0.1, -0.05) is 48.0 Å². The predicted molar refractivity (Wildman–Crippen MR) is 104 cm³/mol. The van der Waals surface area contributed by atoms with Gasteiger partial charge < -0.3 is 10.6 Å². The minimum absolute atomic E-state index is 0.365. The van der Waals surface area contributed by atoms with Crippen molar-refractivity contribution in [3.63, 3.8) is 0 Å². The number of hydrogen-bond donors (Lipinski definition) is 1. The van der Waals surface area contributed by atoms with Gasteiger partial charge in [0, 0.05) is 12.6 Å². The Labute approximate surface area is 168 Å². The normalized spacial score (nSPS) is 26.0. The second kappa shape index (κ2) is 6.84. The van der Waals surface area contributed by atoms with Crippen LogP contribution in [-0.4, -0.2) is 46.5 Å². The summed E-state index contributed by atoms with van der Waals surface area (Å²) in [5.74, 6) is -3.94. The number of imide groups is 1. The molecule has 0 aliphatic carbocycles. The third kappa shape index (κ3) is 2.81. The van der Waals surface area contributed by atoms with E-state index in [1.807, 2.05) is 31.2 Å². The van der Waals surface area contributed by atoms with Gasteiger partial charge in [0.05, 0.1) is 17.9 Å². The van der Waals surface area contributed by atoms with E-state index in [1.54, 1.807) is 30.3 Å². The van der Waals surface area contributed by atoms with Crippen molar-refractivity contribution in [2.45, 2.75) is 19.0 Å². The molecule has 7 heteroatoms. The average molecular weight is 391 g/mol. The second-order valence-electron chi connectivity index (χ2n) is 7.57. The Morgan fingerprint density at radius 3 is 2.07 bits per heavy atom. The van der Waals surface area contributed by atoms with Crippen molar-refractivity contribution >= 4 is 23.6 Å². The zero-order valence-corrected chi connectivity index (χ0v) is 16.1. The quantitative estimate of drug-likeness (QED) is 0.797. The summed E-state index contributed by atoms with van der Waals surface area (Å²) in [5, 5.41) is 0. The summed E-state index contributed by atoms with van der Waals surface area (Å²) in [5.41, 5.74) is 7.73. The van der Waals surface area contributed by atoms with Crippen LogP contribution >= 0.6 is 0 Å². The minimum Gasteiger partial charge on any atom is -0.368 e. The molecule has 2 aliphatic heterocycles. The molecule has 2 aromatic carbocycles. The average Bonchev–Trinajstić information content (AvgIpc) is 3.18. The van der Waals surface area contributed by atoms with E-state index >= 15 is 0 Å². The van der Waals surface area contributed by atoms with Gasteiger partial charge in [0.25, 0.3) is 5.91 Å². The highest BCUT2D eigenvalue weighted by molar-refractivity contribution is 6.10. The molecule has 29 heavy (non-hydrogen) atoms. The molecule has 0 spiro atoms. The highest BCUT2D eigenvalue weighted by Crippen LogP contribution is 2.50. The number of benzene rings is 2. The molecule has 0 aromatic heterocycles. The van der Waals surface area contributed by atoms with Gasteiger partial charge in [-0.25, -0.2) is 0 Å². The van der Waals surface area contributed by atoms with Gasteiger partial charge in [-0.3, -0.25) is 24.1 Å². The molecule has 7 nitrogen and oxygen atoms in total. The fourth-order valence-corrected chi connectivity index (χ4v) is 4.47. The van der Waals surface area contributed by atoms with Crippen LogP contribution in [0.5, 0.6) is 0 Å². The number of carbonyl (C=O) groups is 4. The Morgan fingerprint density at radius 1 is 0.897 bits per heavy atom. The number of likely N-dealkylation sites (tertiary alicyclic amines) is 2. The van der Waals surface area contributed by atoms with Crippen molar-refractivity contribution in [3.05, 3.63) is 71.3 Å². The molecular formula is C22H21N3O4. The number of rotatable bonds is 3. The Bertz CT molecular complexity index is 1000. The van der Waals surface area contributed by atoms with Crippen LogP contribution in [0, 0.1) is 18.8 Å². The summed E-state index contributed by atoms with van der Waals surface area (Å²) in [7, 11) is 1.40. The number of hydrogen-bond acceptors (Lipinski definition) is 4. The largest absolute Gasteiger partial charge is 0.368 e. The first-order chi connectivity index (χ1) is 13.8. The molecule has 2 N–H and O–H groups in total. The van der Waals surface area contributed by atoms with E-state index in [0.717, 1.165) is 10.5 Å². The first-order valence-electron chi connectivity index (χ1n) is 9.38. The lowest BCUT2D eigenvalue weighted by atomic mass is 9.86. The van der Waals surface area contributed by atoms with Gasteiger partial charge in [-0.2, -0.15) is 0 Å². The summed E-state index contributed by atoms with van der Waals surface area (Å²) in [6, 6.07) is 13.9. The van der Waals surface area contributed by atoms with Crippen LogP contribution < -0.4 is 5.73 Å². The first kappa shape index (κ1) is 18.9. The Morgan fingerprint density at radius 2 is 1.48 bits per heavy atom. The molecule has 0 radical (unpaired) electrons. The summed E-state index contributed by atoms with van der Waals surface area (Å²) in [4.78, 5) is 54.0. The van der Waals surface area contributed by atoms with Crippen molar-refractivity contribution in [1.29, 1.82) is 0 Å². The first-order valence-corrected chi connectivity index (χ1v) is 9.38. The number of fused-ring (bicyclic) bond motifs is 1. The molecule has 4 unspecified atom stereocenters. The minimum atomic E-state index is -1.19. The van der Waals surface area contributed by atoms with Crippen LogP contribution in [0.25, 0.3) is 0 Å². The molecular weight excluding hydrogens is 370 g/mol. The van der Waals surface area contributed by atoms with Crippen LogP contribution in [0.2, 0.25) is 0 Å². The number of nitrogens with zero attached hydrogens (tertiary/aromatic N) is 2. The SMILES string of the molecule is Cc1ccc(C2C3C(=O)N(C)C(=O)C3C(C(N)=O)N2C(=O)c2ccccc2)cc1. The molecule has 2 heterocycles. The highest BCUT2D eigenvalue weighted by Gasteiger charge is 2.64. The number of primary amides is 1. The topological polar surface area (TPSA) is 101 Å². The molecule has 0 bridgehead atoms. The maximum absolute atomic E-state index is 13.4. The lowest BCUT2D eigenvalue weighted by Gasteiger charge is -2.32. The van der Waals surface area contributed by atoms with Gasteiger partial charge in [0.1, 0.15) is 6.04 Å². The zero-order chi connectivity index (χ0) is 20.9. The van der Waals surface area contributed by atoms with Crippen molar-refractivity contribution in [1.82, 2.24) is 9.80 Å². The van der Waals surface area contributed by atoms with Crippen LogP contribution in [0.15, 0.2) is 54.6 Å². The highest BCUT2D eigenvalue weighted by atomic mass is 16.2. The van der Waals surface area contributed by atoms with E-state index in [1.165, 1.54) is 11.9 Å². The maximum atomic E-state index is 13.4. The Hall–Kier alpha value is -3.48. The van der Waals surface area contributed by atoms with E-state index in [9.17, 15) is 19.2 Å². The lowest BCUT2D eigenvalue weighted by molar-refractivity contribution is -0.141. The fourth-order valence-electron chi connectivity index (χ4n) is 4.47. The fraction of sp³-hybridized carbons (Fsp3) is 0.273. The van der Waals surface area contributed by atoms with Gasteiger partial charge in [-0.15, -0.1) is 0 Å². The van der Waals surface area contributed by atoms with Gasteiger partial charge in [0.2, 0.25) is 17.7 Å². The van der Waals surface area contributed by atoms with E-state index in [-0.39, 0.29) is 0 Å². The van der Waals surface area contributed by atoms with Crippen molar-refractivity contribution in [2.24, 2.45) is 17.6 Å². The van der Waals surface area contributed by atoms with Crippen molar-refractivity contribution in [3.8, 4) is 0 Å². The monoisotopic (exact) mass is 391 g/mol. The summed E-state index contributed by atoms with van der Waals surface area (Å²) in [6.07, 6.45) is 0. The van der Waals surface area contributed by atoms with Crippen LogP contribution in [0.1, 0.15) is 27.5 Å². The van der Waals surface area contributed by atoms with Crippen LogP contribution in [0.3, 0.4) is 0 Å². The third-order valence-electron chi connectivity index (χ3n) is 5.86. The molecule has 4 rings (SSSR count). The second-order valence-corrected chi connectivity index (χ2v) is 7.57. The molecule has 2 aliphatic rings. The van der Waals surface area contributed by atoms with Gasteiger partial charge in [-0.05, 0) is 24.6 Å². The molecule has 148 valence electrons. The predicted octanol–water partition coefficient (Wildman–Crippen LogP) is 1.28. The van der Waals surface area contributed by atoms with Gasteiger partial charge in [0.15, 0.2) is 0 Å². The molecule has 2 aromatic rings. The van der Waals surface area contributed by atoms with Gasteiger partial charge >= 0.3 is 0 Å². The molecule has 2 fully saturated rings. The van der Waals surface area contributed by atoms with E-state index in [2.05, 4.69) is 0 Å². The maximum Gasteiger partial charge on any atom is 0.255 e. The third-order valence-corrected chi connectivity index (χ3v) is 5.86. The Balaban J connectivity index is 1.90. The van der Waals surface area contributed by atoms with E-state index in [0.29, 0.717) is 11.1 Å². The zero-order valence-electron chi connectivity index (χ0n) is 16.1.